The van der Waals surface area contributed by atoms with Crippen molar-refractivity contribution in [3.8, 4) is 0 Å². The fourth-order valence-corrected chi connectivity index (χ4v) is 3.07. The highest BCUT2D eigenvalue weighted by Crippen LogP contribution is 2.37. The zero-order valence-corrected chi connectivity index (χ0v) is 12.9. The van der Waals surface area contributed by atoms with E-state index in [0.29, 0.717) is 10.2 Å². The Labute approximate surface area is 121 Å². The lowest BCUT2D eigenvalue weighted by Gasteiger charge is -2.32. The van der Waals surface area contributed by atoms with Gasteiger partial charge in [0.1, 0.15) is 5.82 Å². The van der Waals surface area contributed by atoms with Gasteiger partial charge in [0.05, 0.1) is 4.47 Å². The van der Waals surface area contributed by atoms with Gasteiger partial charge in [-0.3, -0.25) is 4.79 Å². The second kappa shape index (κ2) is 5.61. The first-order chi connectivity index (χ1) is 8.92. The molecular formula is C15H19BrFNO. The van der Waals surface area contributed by atoms with E-state index in [1.807, 2.05) is 13.8 Å². The summed E-state index contributed by atoms with van der Waals surface area (Å²) in [7, 11) is 0. The van der Waals surface area contributed by atoms with Crippen molar-refractivity contribution in [2.45, 2.75) is 46.0 Å². The monoisotopic (exact) mass is 327 g/mol. The molecule has 0 bridgehead atoms. The molecule has 2 nitrogen and oxygen atoms in total. The number of benzene rings is 1. The van der Waals surface area contributed by atoms with Crippen LogP contribution in [0.5, 0.6) is 0 Å². The number of carbonyl (C=O) groups is 1. The largest absolute Gasteiger partial charge is 0.325 e. The molecule has 1 saturated carbocycles. The van der Waals surface area contributed by atoms with E-state index >= 15 is 0 Å². The predicted molar refractivity (Wildman–Crippen MR) is 78.7 cm³/mol. The Bertz CT molecular complexity index is 495. The van der Waals surface area contributed by atoms with Crippen LogP contribution in [0.2, 0.25) is 0 Å². The van der Waals surface area contributed by atoms with Gasteiger partial charge in [-0.25, -0.2) is 4.39 Å². The van der Waals surface area contributed by atoms with E-state index < -0.39 is 0 Å². The van der Waals surface area contributed by atoms with Crippen molar-refractivity contribution in [1.82, 2.24) is 0 Å². The van der Waals surface area contributed by atoms with E-state index in [4.69, 9.17) is 0 Å². The summed E-state index contributed by atoms with van der Waals surface area (Å²) < 4.78 is 14.0. The fourth-order valence-electron chi connectivity index (χ4n) is 2.61. The van der Waals surface area contributed by atoms with E-state index in [0.717, 1.165) is 31.2 Å². The summed E-state index contributed by atoms with van der Waals surface area (Å²) in [5.74, 6) is -0.341. The van der Waals surface area contributed by atoms with Gasteiger partial charge in [0.2, 0.25) is 5.91 Å². The van der Waals surface area contributed by atoms with Gasteiger partial charge < -0.3 is 5.32 Å². The first-order valence-corrected chi connectivity index (χ1v) is 7.49. The SMILES string of the molecule is Cc1cc(Br)c(F)cc1NC(=O)C1(C)CCCCC1. The Morgan fingerprint density at radius 2 is 1.95 bits per heavy atom. The molecule has 0 radical (unpaired) electrons. The molecule has 1 fully saturated rings. The van der Waals surface area contributed by atoms with Gasteiger partial charge in [0.15, 0.2) is 0 Å². The lowest BCUT2D eigenvalue weighted by molar-refractivity contribution is -0.126. The molecule has 4 heteroatoms. The highest BCUT2D eigenvalue weighted by Gasteiger charge is 2.34. The summed E-state index contributed by atoms with van der Waals surface area (Å²) >= 11 is 3.15. The number of hydrogen-bond donors (Lipinski definition) is 1. The zero-order valence-electron chi connectivity index (χ0n) is 11.4. The lowest BCUT2D eigenvalue weighted by atomic mass is 9.75. The molecule has 0 saturated heterocycles. The molecule has 2 rings (SSSR count). The molecule has 0 atom stereocenters. The smallest absolute Gasteiger partial charge is 0.230 e. The van der Waals surface area contributed by atoms with Crippen LogP contribution in [0.25, 0.3) is 0 Å². The van der Waals surface area contributed by atoms with Gasteiger partial charge in [-0.05, 0) is 53.4 Å². The zero-order chi connectivity index (χ0) is 14.0. The Morgan fingerprint density at radius 1 is 1.32 bits per heavy atom. The quantitative estimate of drug-likeness (QED) is 0.830. The van der Waals surface area contributed by atoms with Crippen molar-refractivity contribution in [2.24, 2.45) is 5.41 Å². The minimum absolute atomic E-state index is 0.0111. The summed E-state index contributed by atoms with van der Waals surface area (Å²) in [6, 6.07) is 3.07. The highest BCUT2D eigenvalue weighted by molar-refractivity contribution is 9.10. The third-order valence-corrected chi connectivity index (χ3v) is 4.63. The molecule has 0 aliphatic heterocycles. The summed E-state index contributed by atoms with van der Waals surface area (Å²) in [4.78, 5) is 12.4. The van der Waals surface area contributed by atoms with Crippen molar-refractivity contribution < 1.29 is 9.18 Å². The van der Waals surface area contributed by atoms with Crippen LogP contribution < -0.4 is 5.32 Å². The Morgan fingerprint density at radius 3 is 2.58 bits per heavy atom. The van der Waals surface area contributed by atoms with Crippen molar-refractivity contribution in [3.05, 3.63) is 28.0 Å². The Kier molecular flexibility index (Phi) is 4.29. The molecule has 1 aromatic carbocycles. The average molecular weight is 328 g/mol. The summed E-state index contributed by atoms with van der Waals surface area (Å²) in [6.45, 7) is 3.87. The maximum atomic E-state index is 13.5. The number of anilines is 1. The standard InChI is InChI=1S/C15H19BrFNO/c1-10-8-11(16)12(17)9-13(10)18-14(19)15(2)6-4-3-5-7-15/h8-9H,3-7H2,1-2H3,(H,18,19). The molecule has 1 aromatic rings. The van der Waals surface area contributed by atoms with E-state index in [2.05, 4.69) is 21.2 Å². The predicted octanol–water partition coefficient (Wildman–Crippen LogP) is 4.81. The van der Waals surface area contributed by atoms with Crippen LogP contribution in [0.15, 0.2) is 16.6 Å². The van der Waals surface area contributed by atoms with E-state index in [1.165, 1.54) is 12.5 Å². The molecule has 0 heterocycles. The summed E-state index contributed by atoms with van der Waals surface area (Å²) in [5.41, 5.74) is 1.12. The first kappa shape index (κ1) is 14.5. The van der Waals surface area contributed by atoms with Gasteiger partial charge in [0, 0.05) is 11.1 Å². The molecule has 1 aliphatic rings. The second-order valence-electron chi connectivity index (χ2n) is 5.66. The highest BCUT2D eigenvalue weighted by atomic mass is 79.9. The fraction of sp³-hybridized carbons (Fsp3) is 0.533. The van der Waals surface area contributed by atoms with Crippen LogP contribution in [0.3, 0.4) is 0 Å². The van der Waals surface area contributed by atoms with Crippen molar-refractivity contribution in [3.63, 3.8) is 0 Å². The topological polar surface area (TPSA) is 29.1 Å². The molecule has 1 aliphatic carbocycles. The molecular weight excluding hydrogens is 309 g/mol. The normalized spacial score (nSPS) is 18.1. The van der Waals surface area contributed by atoms with Gasteiger partial charge in [-0.1, -0.05) is 26.2 Å². The number of aryl methyl sites for hydroxylation is 1. The van der Waals surface area contributed by atoms with Crippen molar-refractivity contribution in [1.29, 1.82) is 0 Å². The van der Waals surface area contributed by atoms with Gasteiger partial charge in [-0.2, -0.15) is 0 Å². The molecule has 1 amide bonds. The van der Waals surface area contributed by atoms with Crippen LogP contribution >= 0.6 is 15.9 Å². The van der Waals surface area contributed by atoms with E-state index in [-0.39, 0.29) is 17.1 Å². The molecule has 1 N–H and O–H groups in total. The third kappa shape index (κ3) is 3.16. The number of hydrogen-bond acceptors (Lipinski definition) is 1. The van der Waals surface area contributed by atoms with Gasteiger partial charge in [0.25, 0.3) is 0 Å². The van der Waals surface area contributed by atoms with E-state index in [9.17, 15) is 9.18 Å². The molecule has 19 heavy (non-hydrogen) atoms. The number of halogens is 2. The molecule has 104 valence electrons. The first-order valence-electron chi connectivity index (χ1n) is 6.69. The average Bonchev–Trinajstić information content (AvgIpc) is 2.36. The maximum Gasteiger partial charge on any atom is 0.230 e. The number of carbonyl (C=O) groups excluding carboxylic acids is 1. The Hall–Kier alpha value is -0.900. The van der Waals surface area contributed by atoms with Crippen molar-refractivity contribution in [2.75, 3.05) is 5.32 Å². The van der Waals surface area contributed by atoms with Crippen molar-refractivity contribution >= 4 is 27.5 Å². The number of amides is 1. The lowest BCUT2D eigenvalue weighted by Crippen LogP contribution is -2.35. The minimum Gasteiger partial charge on any atom is -0.325 e. The molecule has 0 spiro atoms. The van der Waals surface area contributed by atoms with Crippen LogP contribution in [-0.4, -0.2) is 5.91 Å². The summed E-state index contributed by atoms with van der Waals surface area (Å²) in [5, 5.41) is 2.89. The van der Waals surface area contributed by atoms with Crippen LogP contribution in [0, 0.1) is 18.2 Å². The van der Waals surface area contributed by atoms with Crippen LogP contribution in [0.1, 0.15) is 44.6 Å². The third-order valence-electron chi connectivity index (χ3n) is 4.02. The van der Waals surface area contributed by atoms with Crippen LogP contribution in [0.4, 0.5) is 10.1 Å². The number of nitrogens with one attached hydrogen (secondary N) is 1. The molecule has 0 aromatic heterocycles. The Balaban J connectivity index is 2.16. The second-order valence-corrected chi connectivity index (χ2v) is 6.51. The number of rotatable bonds is 2. The van der Waals surface area contributed by atoms with E-state index in [1.54, 1.807) is 6.07 Å². The van der Waals surface area contributed by atoms with Crippen LogP contribution in [-0.2, 0) is 4.79 Å². The minimum atomic E-state index is -0.352. The van der Waals surface area contributed by atoms with Gasteiger partial charge in [-0.15, -0.1) is 0 Å². The maximum absolute atomic E-state index is 13.5. The van der Waals surface area contributed by atoms with Gasteiger partial charge >= 0.3 is 0 Å². The molecule has 0 unspecified atom stereocenters. The summed E-state index contributed by atoms with van der Waals surface area (Å²) in [6.07, 6.45) is 5.22.